The van der Waals surface area contributed by atoms with Gasteiger partial charge in [0.05, 0.1) is 11.4 Å². The molecule has 1 N–H and O–H groups in total. The number of hydrogen-bond donors (Lipinski definition) is 1. The highest BCUT2D eigenvalue weighted by Gasteiger charge is 2.53. The first-order valence-corrected chi connectivity index (χ1v) is 8.81. The molecule has 4 heteroatoms. The van der Waals surface area contributed by atoms with Crippen LogP contribution in [-0.4, -0.2) is 28.6 Å². The molecule has 0 saturated heterocycles. The van der Waals surface area contributed by atoms with Crippen LogP contribution in [0.2, 0.25) is 0 Å². The number of thiophene rings is 1. The molecule has 1 atom stereocenters. The van der Waals surface area contributed by atoms with Crippen LogP contribution in [0.1, 0.15) is 29.7 Å². The number of rotatable bonds is 2. The third-order valence-corrected chi connectivity index (χ3v) is 5.81. The number of nitrogens with zero attached hydrogens (tertiary/aromatic N) is 2. The molecular formula is C18H21N2OS+. The Labute approximate surface area is 135 Å². The maximum atomic E-state index is 11.4. The van der Waals surface area contributed by atoms with Gasteiger partial charge in [-0.25, -0.2) is 9.48 Å². The smallest absolute Gasteiger partial charge is 0.280 e. The molecule has 114 valence electrons. The van der Waals surface area contributed by atoms with Gasteiger partial charge in [0.1, 0.15) is 5.69 Å². The van der Waals surface area contributed by atoms with Crippen molar-refractivity contribution in [1.82, 2.24) is 0 Å². The number of aliphatic hydroxyl groups is 1. The Kier molecular flexibility index (Phi) is 3.31. The van der Waals surface area contributed by atoms with Crippen molar-refractivity contribution in [3.63, 3.8) is 0 Å². The third kappa shape index (κ3) is 2.02. The number of para-hydroxylation sites is 1. The second kappa shape index (κ2) is 5.21. The molecule has 3 heterocycles. The van der Waals surface area contributed by atoms with Crippen molar-refractivity contribution in [2.24, 2.45) is 0 Å². The van der Waals surface area contributed by atoms with Crippen LogP contribution in [0.25, 0.3) is 0 Å². The lowest BCUT2D eigenvalue weighted by atomic mass is 10.1. The highest BCUT2D eigenvalue weighted by Crippen LogP contribution is 2.38. The first-order valence-electron chi connectivity index (χ1n) is 7.93. The minimum absolute atomic E-state index is 0.619. The van der Waals surface area contributed by atoms with Gasteiger partial charge in [0.2, 0.25) is 0 Å². The Morgan fingerprint density at radius 1 is 1.18 bits per heavy atom. The summed E-state index contributed by atoms with van der Waals surface area (Å²) in [5, 5.41) is 13.5. The van der Waals surface area contributed by atoms with E-state index in [1.807, 2.05) is 11.4 Å². The van der Waals surface area contributed by atoms with Crippen molar-refractivity contribution < 1.29 is 9.68 Å². The molecule has 0 fully saturated rings. The topological polar surface area (TPSA) is 26.5 Å². The van der Waals surface area contributed by atoms with Gasteiger partial charge in [-0.05, 0) is 42.8 Å². The average Bonchev–Trinajstić information content (AvgIpc) is 3.16. The lowest BCUT2D eigenvalue weighted by Gasteiger charge is -2.22. The molecule has 22 heavy (non-hydrogen) atoms. The predicted octanol–water partition coefficient (Wildman–Crippen LogP) is 3.32. The van der Waals surface area contributed by atoms with Crippen LogP contribution in [0.5, 0.6) is 0 Å². The first kappa shape index (κ1) is 14.0. The minimum atomic E-state index is -0.883. The quantitative estimate of drug-likeness (QED) is 0.861. The van der Waals surface area contributed by atoms with E-state index in [0.29, 0.717) is 6.54 Å². The first-order chi connectivity index (χ1) is 10.7. The summed E-state index contributed by atoms with van der Waals surface area (Å²) in [7, 11) is 0. The van der Waals surface area contributed by atoms with Crippen LogP contribution >= 0.6 is 11.3 Å². The molecule has 2 aliphatic rings. The molecule has 4 rings (SSSR count). The van der Waals surface area contributed by atoms with Crippen molar-refractivity contribution in [3.8, 4) is 0 Å². The van der Waals surface area contributed by atoms with E-state index in [9.17, 15) is 5.11 Å². The molecule has 2 aliphatic heterocycles. The van der Waals surface area contributed by atoms with Crippen LogP contribution in [0.4, 0.5) is 5.69 Å². The summed E-state index contributed by atoms with van der Waals surface area (Å²) in [5.41, 5.74) is 1.60. The van der Waals surface area contributed by atoms with Crippen LogP contribution in [-0.2, 0) is 5.72 Å². The standard InChI is InChI=1S/C18H21N2OS/c1-14-7-2-3-8-15(14)19-13-18(21,16-9-6-12-22-16)20-11-5-4-10-17(19)20/h2-3,6-9,12,21H,4-5,10-11,13H2,1H3/q+1/t18-/m1/s1. The molecule has 3 nitrogen and oxygen atoms in total. The van der Waals surface area contributed by atoms with Crippen molar-refractivity contribution in [3.05, 3.63) is 52.2 Å². The van der Waals surface area contributed by atoms with Crippen molar-refractivity contribution >= 4 is 22.9 Å². The van der Waals surface area contributed by atoms with Crippen LogP contribution < -0.4 is 4.90 Å². The Morgan fingerprint density at radius 2 is 2.05 bits per heavy atom. The van der Waals surface area contributed by atoms with Gasteiger partial charge < -0.3 is 5.11 Å². The molecule has 0 aliphatic carbocycles. The van der Waals surface area contributed by atoms with E-state index in [2.05, 4.69) is 46.7 Å². The predicted molar refractivity (Wildman–Crippen MR) is 90.7 cm³/mol. The number of amidine groups is 1. The minimum Gasteiger partial charge on any atom is -0.346 e. The molecule has 0 saturated carbocycles. The second-order valence-corrected chi connectivity index (χ2v) is 7.14. The van der Waals surface area contributed by atoms with Crippen molar-refractivity contribution in [1.29, 1.82) is 0 Å². The number of anilines is 1. The van der Waals surface area contributed by atoms with E-state index in [-0.39, 0.29) is 0 Å². The fourth-order valence-corrected chi connectivity index (χ4v) is 4.53. The zero-order chi connectivity index (χ0) is 15.2. The fourth-order valence-electron chi connectivity index (χ4n) is 3.70. The largest absolute Gasteiger partial charge is 0.346 e. The number of β-amino-alcohol motifs (C(OH)–C–C–N with tert-alkyl or cyclic N) is 1. The Morgan fingerprint density at radius 3 is 2.82 bits per heavy atom. The molecular weight excluding hydrogens is 292 g/mol. The summed E-state index contributed by atoms with van der Waals surface area (Å²) < 4.78 is 2.23. The molecule has 1 aromatic heterocycles. The lowest BCUT2D eigenvalue weighted by molar-refractivity contribution is -0.660. The highest BCUT2D eigenvalue weighted by molar-refractivity contribution is 7.10. The molecule has 0 bridgehead atoms. The zero-order valence-electron chi connectivity index (χ0n) is 12.8. The summed E-state index contributed by atoms with van der Waals surface area (Å²) in [4.78, 5) is 3.37. The van der Waals surface area contributed by atoms with Gasteiger partial charge in [-0.1, -0.05) is 24.3 Å². The van der Waals surface area contributed by atoms with E-state index in [1.54, 1.807) is 11.3 Å². The zero-order valence-corrected chi connectivity index (χ0v) is 13.6. The van der Waals surface area contributed by atoms with Gasteiger partial charge in [-0.3, -0.25) is 0 Å². The van der Waals surface area contributed by atoms with Crippen LogP contribution in [0.3, 0.4) is 0 Å². The Balaban J connectivity index is 1.83. The fraction of sp³-hybridized carbons (Fsp3) is 0.389. The number of hydrogen-bond acceptors (Lipinski definition) is 3. The molecule has 0 amide bonds. The maximum absolute atomic E-state index is 11.4. The monoisotopic (exact) mass is 313 g/mol. The van der Waals surface area contributed by atoms with E-state index in [4.69, 9.17) is 0 Å². The Hall–Kier alpha value is -1.65. The Bertz CT molecular complexity index is 722. The van der Waals surface area contributed by atoms with Crippen LogP contribution in [0, 0.1) is 6.92 Å². The lowest BCUT2D eigenvalue weighted by Crippen LogP contribution is -2.40. The normalized spacial score (nSPS) is 24.7. The summed E-state index contributed by atoms with van der Waals surface area (Å²) in [5.74, 6) is 1.27. The SMILES string of the molecule is Cc1ccccc1N1C[C@@](O)(c2cccs2)[N+]2=C1CCCC2. The summed E-state index contributed by atoms with van der Waals surface area (Å²) >= 11 is 1.64. The summed E-state index contributed by atoms with van der Waals surface area (Å²) in [6, 6.07) is 12.5. The van der Waals surface area contributed by atoms with E-state index in [1.165, 1.54) is 23.5 Å². The maximum Gasteiger partial charge on any atom is 0.280 e. The average molecular weight is 313 g/mol. The molecule has 2 aromatic rings. The molecule has 0 unspecified atom stereocenters. The van der Waals surface area contributed by atoms with E-state index >= 15 is 0 Å². The van der Waals surface area contributed by atoms with E-state index < -0.39 is 5.72 Å². The molecule has 0 spiro atoms. The third-order valence-electron chi connectivity index (χ3n) is 4.80. The number of benzene rings is 1. The number of aryl methyl sites for hydroxylation is 1. The molecule has 1 aromatic carbocycles. The van der Waals surface area contributed by atoms with Crippen molar-refractivity contribution in [2.45, 2.75) is 31.9 Å². The second-order valence-electron chi connectivity index (χ2n) is 6.19. The van der Waals surface area contributed by atoms with Crippen LogP contribution in [0.15, 0.2) is 41.8 Å². The molecule has 0 radical (unpaired) electrons. The highest BCUT2D eigenvalue weighted by atomic mass is 32.1. The van der Waals surface area contributed by atoms with Gasteiger partial charge in [-0.15, -0.1) is 11.3 Å². The van der Waals surface area contributed by atoms with Gasteiger partial charge in [0.15, 0.2) is 6.54 Å². The van der Waals surface area contributed by atoms with Gasteiger partial charge in [0, 0.05) is 6.42 Å². The van der Waals surface area contributed by atoms with Gasteiger partial charge >= 0.3 is 0 Å². The summed E-state index contributed by atoms with van der Waals surface area (Å²) in [6.07, 6.45) is 3.40. The van der Waals surface area contributed by atoms with Gasteiger partial charge in [-0.2, -0.15) is 0 Å². The van der Waals surface area contributed by atoms with E-state index in [0.717, 1.165) is 24.3 Å². The summed E-state index contributed by atoms with van der Waals surface area (Å²) in [6.45, 7) is 3.70. The van der Waals surface area contributed by atoms with Gasteiger partial charge in [0.25, 0.3) is 11.6 Å². The van der Waals surface area contributed by atoms with Crippen molar-refractivity contribution in [2.75, 3.05) is 18.0 Å².